The molecular formula is C11H8N2O. The van der Waals surface area contributed by atoms with Gasteiger partial charge in [-0.1, -0.05) is 6.07 Å². The summed E-state index contributed by atoms with van der Waals surface area (Å²) in [6.07, 6.45) is 4.79. The molecule has 0 aliphatic carbocycles. The van der Waals surface area contributed by atoms with Crippen LogP contribution < -0.4 is 0 Å². The molecule has 0 saturated heterocycles. The third kappa shape index (κ3) is 1.66. The molecule has 0 N–H and O–H groups in total. The molecule has 0 aliphatic heterocycles. The fourth-order valence-electron chi connectivity index (χ4n) is 1.15. The molecule has 0 atom stereocenters. The molecule has 0 radical (unpaired) electrons. The number of aromatic nitrogens is 2. The van der Waals surface area contributed by atoms with Gasteiger partial charge in [-0.25, -0.2) is 0 Å². The van der Waals surface area contributed by atoms with E-state index >= 15 is 0 Å². The molecule has 0 bridgehead atoms. The van der Waals surface area contributed by atoms with Crippen LogP contribution in [0.15, 0.2) is 48.9 Å². The maximum absolute atomic E-state index is 11.8. The number of carbonyl (C=O) groups excluding carboxylic acids is 1. The van der Waals surface area contributed by atoms with Gasteiger partial charge in [0, 0.05) is 24.2 Å². The van der Waals surface area contributed by atoms with E-state index in [1.165, 1.54) is 0 Å². The average Bonchev–Trinajstić information content (AvgIpc) is 2.30. The molecule has 14 heavy (non-hydrogen) atoms. The van der Waals surface area contributed by atoms with E-state index in [2.05, 4.69) is 9.97 Å². The van der Waals surface area contributed by atoms with Crippen molar-refractivity contribution in [3.8, 4) is 0 Å². The molecule has 0 aliphatic rings. The first-order chi connectivity index (χ1) is 6.88. The molecule has 68 valence electrons. The second-order valence-corrected chi connectivity index (χ2v) is 2.78. The Morgan fingerprint density at radius 2 is 1.79 bits per heavy atom. The Hall–Kier alpha value is -2.03. The van der Waals surface area contributed by atoms with Gasteiger partial charge in [-0.05, 0) is 24.3 Å². The Balaban J connectivity index is 2.35. The fraction of sp³-hybridized carbons (Fsp3) is 0. The van der Waals surface area contributed by atoms with Crippen molar-refractivity contribution in [2.75, 3.05) is 0 Å². The monoisotopic (exact) mass is 184 g/mol. The summed E-state index contributed by atoms with van der Waals surface area (Å²) in [7, 11) is 0. The summed E-state index contributed by atoms with van der Waals surface area (Å²) < 4.78 is 0. The lowest BCUT2D eigenvalue weighted by Crippen LogP contribution is -2.03. The number of pyridine rings is 2. The number of ketones is 1. The van der Waals surface area contributed by atoms with Crippen molar-refractivity contribution in [1.29, 1.82) is 0 Å². The SMILES string of the molecule is O=C(c1ccncc1)c1ccccn1. The van der Waals surface area contributed by atoms with Crippen LogP contribution in [0.2, 0.25) is 0 Å². The van der Waals surface area contributed by atoms with Gasteiger partial charge in [0.25, 0.3) is 0 Å². The van der Waals surface area contributed by atoms with Gasteiger partial charge < -0.3 is 0 Å². The molecule has 0 amide bonds. The Kier molecular flexibility index (Phi) is 2.32. The van der Waals surface area contributed by atoms with E-state index in [0.717, 1.165) is 0 Å². The molecule has 2 aromatic heterocycles. The molecule has 0 fully saturated rings. The third-order valence-electron chi connectivity index (χ3n) is 1.84. The van der Waals surface area contributed by atoms with Gasteiger partial charge in [-0.15, -0.1) is 0 Å². The van der Waals surface area contributed by atoms with Gasteiger partial charge in [0.1, 0.15) is 5.69 Å². The second-order valence-electron chi connectivity index (χ2n) is 2.78. The Morgan fingerprint density at radius 1 is 1.00 bits per heavy atom. The van der Waals surface area contributed by atoms with Crippen molar-refractivity contribution in [2.45, 2.75) is 0 Å². The van der Waals surface area contributed by atoms with Gasteiger partial charge in [-0.3, -0.25) is 14.8 Å². The average molecular weight is 184 g/mol. The van der Waals surface area contributed by atoms with Gasteiger partial charge in [0.15, 0.2) is 0 Å². The van der Waals surface area contributed by atoms with Gasteiger partial charge in [0.05, 0.1) is 0 Å². The van der Waals surface area contributed by atoms with E-state index in [4.69, 9.17) is 0 Å². The maximum atomic E-state index is 11.8. The van der Waals surface area contributed by atoms with E-state index in [1.54, 1.807) is 48.9 Å². The van der Waals surface area contributed by atoms with Crippen LogP contribution in [-0.4, -0.2) is 15.8 Å². The lowest BCUT2D eigenvalue weighted by Gasteiger charge is -1.98. The number of nitrogens with zero attached hydrogens (tertiary/aromatic N) is 2. The third-order valence-corrected chi connectivity index (χ3v) is 1.84. The summed E-state index contributed by atoms with van der Waals surface area (Å²) in [5.41, 5.74) is 1.07. The van der Waals surface area contributed by atoms with E-state index in [0.29, 0.717) is 11.3 Å². The molecule has 2 aromatic rings. The first kappa shape index (κ1) is 8.56. The van der Waals surface area contributed by atoms with Crippen LogP contribution in [0, 0.1) is 0 Å². The van der Waals surface area contributed by atoms with Crippen molar-refractivity contribution >= 4 is 5.78 Å². The van der Waals surface area contributed by atoms with Gasteiger partial charge in [0.2, 0.25) is 5.78 Å². The molecular weight excluding hydrogens is 176 g/mol. The molecule has 0 aromatic carbocycles. The van der Waals surface area contributed by atoms with Crippen LogP contribution in [0.1, 0.15) is 16.1 Å². The van der Waals surface area contributed by atoms with Gasteiger partial charge in [-0.2, -0.15) is 0 Å². The predicted octanol–water partition coefficient (Wildman–Crippen LogP) is 1.71. The summed E-state index contributed by atoms with van der Waals surface area (Å²) in [5, 5.41) is 0. The van der Waals surface area contributed by atoms with E-state index in [1.807, 2.05) is 0 Å². The van der Waals surface area contributed by atoms with Crippen LogP contribution in [-0.2, 0) is 0 Å². The highest BCUT2D eigenvalue weighted by atomic mass is 16.1. The highest BCUT2D eigenvalue weighted by Gasteiger charge is 2.08. The van der Waals surface area contributed by atoms with E-state index in [9.17, 15) is 4.79 Å². The Morgan fingerprint density at radius 3 is 2.43 bits per heavy atom. The van der Waals surface area contributed by atoms with Gasteiger partial charge >= 0.3 is 0 Å². The largest absolute Gasteiger partial charge is 0.287 e. The lowest BCUT2D eigenvalue weighted by atomic mass is 10.1. The summed E-state index contributed by atoms with van der Waals surface area (Å²) in [5.74, 6) is -0.0759. The van der Waals surface area contributed by atoms with Crippen molar-refractivity contribution < 1.29 is 4.79 Å². The minimum Gasteiger partial charge on any atom is -0.287 e. The summed E-state index contributed by atoms with van der Waals surface area (Å²) >= 11 is 0. The van der Waals surface area contributed by atoms with Crippen molar-refractivity contribution in [3.05, 3.63) is 60.2 Å². The van der Waals surface area contributed by atoms with Crippen LogP contribution in [0.25, 0.3) is 0 Å². The first-order valence-corrected chi connectivity index (χ1v) is 4.24. The standard InChI is InChI=1S/C11H8N2O/c14-11(9-4-7-12-8-5-9)10-3-1-2-6-13-10/h1-8H. The lowest BCUT2D eigenvalue weighted by molar-refractivity contribution is 0.103. The van der Waals surface area contributed by atoms with E-state index in [-0.39, 0.29) is 5.78 Å². The summed E-state index contributed by atoms with van der Waals surface area (Å²) in [6.45, 7) is 0. The molecule has 0 spiro atoms. The summed E-state index contributed by atoms with van der Waals surface area (Å²) in [4.78, 5) is 19.6. The van der Waals surface area contributed by atoms with Crippen molar-refractivity contribution in [3.63, 3.8) is 0 Å². The number of rotatable bonds is 2. The molecule has 0 unspecified atom stereocenters. The maximum Gasteiger partial charge on any atom is 0.211 e. The topological polar surface area (TPSA) is 42.9 Å². The number of hydrogen-bond acceptors (Lipinski definition) is 3. The number of hydrogen-bond donors (Lipinski definition) is 0. The molecule has 3 heteroatoms. The normalized spacial score (nSPS) is 9.71. The number of carbonyl (C=O) groups is 1. The van der Waals surface area contributed by atoms with Crippen LogP contribution in [0.3, 0.4) is 0 Å². The van der Waals surface area contributed by atoms with Crippen LogP contribution in [0.5, 0.6) is 0 Å². The Labute approximate surface area is 81.5 Å². The highest BCUT2D eigenvalue weighted by molar-refractivity contribution is 6.07. The fourth-order valence-corrected chi connectivity index (χ4v) is 1.15. The molecule has 2 rings (SSSR count). The minimum atomic E-state index is -0.0759. The van der Waals surface area contributed by atoms with Crippen molar-refractivity contribution in [2.24, 2.45) is 0 Å². The van der Waals surface area contributed by atoms with Crippen LogP contribution >= 0.6 is 0 Å². The van der Waals surface area contributed by atoms with Crippen LogP contribution in [0.4, 0.5) is 0 Å². The quantitative estimate of drug-likeness (QED) is 0.667. The zero-order valence-electron chi connectivity index (χ0n) is 7.42. The molecule has 2 heterocycles. The molecule has 3 nitrogen and oxygen atoms in total. The Bertz CT molecular complexity index is 384. The zero-order valence-corrected chi connectivity index (χ0v) is 7.42. The molecule has 0 saturated carbocycles. The zero-order chi connectivity index (χ0) is 9.80. The first-order valence-electron chi connectivity index (χ1n) is 4.24. The second kappa shape index (κ2) is 3.79. The smallest absolute Gasteiger partial charge is 0.211 e. The van der Waals surface area contributed by atoms with Crippen molar-refractivity contribution in [1.82, 2.24) is 9.97 Å². The highest BCUT2D eigenvalue weighted by Crippen LogP contribution is 2.05. The predicted molar refractivity (Wildman–Crippen MR) is 51.9 cm³/mol. The summed E-state index contributed by atoms with van der Waals surface area (Å²) in [6, 6.07) is 8.63. The minimum absolute atomic E-state index is 0.0759. The van der Waals surface area contributed by atoms with E-state index < -0.39 is 0 Å².